The van der Waals surface area contributed by atoms with Crippen LogP contribution in [0, 0.1) is 6.92 Å². The maximum Gasteiger partial charge on any atom is 0.191 e. The zero-order chi connectivity index (χ0) is 20.7. The van der Waals surface area contributed by atoms with Gasteiger partial charge in [0, 0.05) is 30.9 Å². The van der Waals surface area contributed by atoms with Crippen LogP contribution in [0.15, 0.2) is 23.2 Å². The molecule has 1 atom stereocenters. The first-order valence-corrected chi connectivity index (χ1v) is 11.1. The Labute approximate surface area is 176 Å². The van der Waals surface area contributed by atoms with E-state index in [0.29, 0.717) is 0 Å². The van der Waals surface area contributed by atoms with Crippen molar-refractivity contribution < 1.29 is 9.47 Å². The van der Waals surface area contributed by atoms with Gasteiger partial charge >= 0.3 is 0 Å². The molecule has 2 heterocycles. The SMILES string of the molecule is CCNC(=NCC1(N2CCCC2)CCOCC1)NC(C)c1cc(C)ccc1OC. The van der Waals surface area contributed by atoms with E-state index >= 15 is 0 Å². The fourth-order valence-corrected chi connectivity index (χ4v) is 4.54. The molecule has 3 rings (SSSR count). The third kappa shape index (κ3) is 5.43. The van der Waals surface area contributed by atoms with Crippen molar-refractivity contribution in [1.29, 1.82) is 0 Å². The van der Waals surface area contributed by atoms with Gasteiger partial charge in [0.2, 0.25) is 0 Å². The van der Waals surface area contributed by atoms with E-state index in [2.05, 4.69) is 48.4 Å². The van der Waals surface area contributed by atoms with Gasteiger partial charge in [0.15, 0.2) is 5.96 Å². The molecule has 0 spiro atoms. The standard InChI is InChI=1S/C23H38N4O2/c1-5-24-22(26-19(3)20-16-18(2)8-9-21(20)28-4)25-17-23(10-14-29-15-11-23)27-12-6-7-13-27/h8-9,16,19H,5-7,10-15,17H2,1-4H3,(H2,24,25,26). The van der Waals surface area contributed by atoms with Crippen LogP contribution in [0.1, 0.15) is 56.7 Å². The number of benzene rings is 1. The second-order valence-electron chi connectivity index (χ2n) is 8.34. The molecule has 1 aromatic rings. The van der Waals surface area contributed by atoms with Crippen LogP contribution in [-0.2, 0) is 4.74 Å². The summed E-state index contributed by atoms with van der Waals surface area (Å²) in [7, 11) is 1.73. The molecule has 2 fully saturated rings. The average Bonchev–Trinajstić information content (AvgIpc) is 3.28. The Morgan fingerprint density at radius 1 is 1.28 bits per heavy atom. The fourth-order valence-electron chi connectivity index (χ4n) is 4.54. The molecule has 0 saturated carbocycles. The van der Waals surface area contributed by atoms with Crippen LogP contribution in [0.2, 0.25) is 0 Å². The molecular weight excluding hydrogens is 364 g/mol. The van der Waals surface area contributed by atoms with E-state index in [1.807, 2.05) is 6.07 Å². The second kappa shape index (κ2) is 10.3. The van der Waals surface area contributed by atoms with E-state index in [1.54, 1.807) is 7.11 Å². The molecule has 2 aliphatic rings. The summed E-state index contributed by atoms with van der Waals surface area (Å²) in [4.78, 5) is 7.72. The summed E-state index contributed by atoms with van der Waals surface area (Å²) >= 11 is 0. The Balaban J connectivity index is 1.75. The first-order valence-electron chi connectivity index (χ1n) is 11.1. The summed E-state index contributed by atoms with van der Waals surface area (Å²) in [6.07, 6.45) is 4.73. The number of rotatable bonds is 7. The number of hydrogen-bond donors (Lipinski definition) is 2. The molecule has 162 valence electrons. The fraction of sp³-hybridized carbons (Fsp3) is 0.696. The van der Waals surface area contributed by atoms with Crippen molar-refractivity contribution in [3.05, 3.63) is 29.3 Å². The minimum absolute atomic E-state index is 0.0973. The number of likely N-dealkylation sites (tertiary alicyclic amines) is 1. The van der Waals surface area contributed by atoms with E-state index < -0.39 is 0 Å². The van der Waals surface area contributed by atoms with Crippen LogP contribution in [0.4, 0.5) is 0 Å². The van der Waals surface area contributed by atoms with Gasteiger partial charge < -0.3 is 20.1 Å². The summed E-state index contributed by atoms with van der Waals surface area (Å²) < 4.78 is 11.3. The van der Waals surface area contributed by atoms with Crippen molar-refractivity contribution in [2.75, 3.05) is 46.5 Å². The van der Waals surface area contributed by atoms with Crippen LogP contribution in [0.3, 0.4) is 0 Å². The smallest absolute Gasteiger partial charge is 0.191 e. The molecule has 2 N–H and O–H groups in total. The third-order valence-electron chi connectivity index (χ3n) is 6.28. The minimum Gasteiger partial charge on any atom is -0.496 e. The minimum atomic E-state index is 0.0973. The molecule has 29 heavy (non-hydrogen) atoms. The number of nitrogens with zero attached hydrogens (tertiary/aromatic N) is 2. The zero-order valence-corrected chi connectivity index (χ0v) is 18.6. The lowest BCUT2D eigenvalue weighted by atomic mass is 9.88. The van der Waals surface area contributed by atoms with E-state index in [-0.39, 0.29) is 11.6 Å². The van der Waals surface area contributed by atoms with Crippen molar-refractivity contribution in [1.82, 2.24) is 15.5 Å². The van der Waals surface area contributed by atoms with Gasteiger partial charge in [-0.3, -0.25) is 9.89 Å². The van der Waals surface area contributed by atoms with Crippen molar-refractivity contribution in [3.8, 4) is 5.75 Å². The molecule has 6 nitrogen and oxygen atoms in total. The van der Waals surface area contributed by atoms with Crippen LogP contribution >= 0.6 is 0 Å². The highest BCUT2D eigenvalue weighted by Gasteiger charge is 2.39. The number of ether oxygens (including phenoxy) is 2. The van der Waals surface area contributed by atoms with Gasteiger partial charge in [-0.15, -0.1) is 0 Å². The Morgan fingerprint density at radius 2 is 2.00 bits per heavy atom. The Kier molecular flexibility index (Phi) is 7.78. The van der Waals surface area contributed by atoms with Gasteiger partial charge in [-0.2, -0.15) is 0 Å². The molecule has 0 amide bonds. The lowest BCUT2D eigenvalue weighted by molar-refractivity contribution is -0.0139. The molecule has 0 radical (unpaired) electrons. The Hall–Kier alpha value is -1.79. The first-order chi connectivity index (χ1) is 14.1. The normalized spacial score (nSPS) is 21.0. The maximum absolute atomic E-state index is 5.68. The van der Waals surface area contributed by atoms with Crippen LogP contribution in [-0.4, -0.2) is 62.9 Å². The summed E-state index contributed by atoms with van der Waals surface area (Å²) in [5.41, 5.74) is 2.52. The van der Waals surface area contributed by atoms with E-state index in [0.717, 1.165) is 56.4 Å². The van der Waals surface area contributed by atoms with Crippen LogP contribution in [0.25, 0.3) is 0 Å². The van der Waals surface area contributed by atoms with Crippen molar-refractivity contribution in [2.45, 2.75) is 58.0 Å². The topological polar surface area (TPSA) is 58.1 Å². The van der Waals surface area contributed by atoms with Crippen molar-refractivity contribution >= 4 is 5.96 Å². The van der Waals surface area contributed by atoms with E-state index in [1.165, 1.54) is 31.5 Å². The predicted octanol–water partition coefficient (Wildman–Crippen LogP) is 3.26. The molecular formula is C23H38N4O2. The molecule has 0 aliphatic carbocycles. The number of aryl methyl sites for hydroxylation is 1. The summed E-state index contributed by atoms with van der Waals surface area (Å²) in [5.74, 6) is 1.78. The second-order valence-corrected chi connectivity index (χ2v) is 8.34. The van der Waals surface area contributed by atoms with Gasteiger partial charge in [0.05, 0.1) is 19.7 Å². The highest BCUT2D eigenvalue weighted by Crippen LogP contribution is 2.32. The Bertz CT molecular complexity index is 679. The highest BCUT2D eigenvalue weighted by atomic mass is 16.5. The van der Waals surface area contributed by atoms with Gasteiger partial charge in [-0.1, -0.05) is 17.7 Å². The van der Waals surface area contributed by atoms with Crippen molar-refractivity contribution in [2.24, 2.45) is 4.99 Å². The van der Waals surface area contributed by atoms with Gasteiger partial charge in [-0.25, -0.2) is 0 Å². The highest BCUT2D eigenvalue weighted by molar-refractivity contribution is 5.80. The lowest BCUT2D eigenvalue weighted by Gasteiger charge is -2.43. The van der Waals surface area contributed by atoms with E-state index in [4.69, 9.17) is 14.5 Å². The third-order valence-corrected chi connectivity index (χ3v) is 6.28. The van der Waals surface area contributed by atoms with Gasteiger partial charge in [0.1, 0.15) is 5.75 Å². The first kappa shape index (κ1) is 21.9. The quantitative estimate of drug-likeness (QED) is 0.542. The summed E-state index contributed by atoms with van der Waals surface area (Å²) in [6.45, 7) is 12.1. The molecule has 1 unspecified atom stereocenters. The Morgan fingerprint density at radius 3 is 2.66 bits per heavy atom. The molecule has 6 heteroatoms. The predicted molar refractivity (Wildman–Crippen MR) is 119 cm³/mol. The van der Waals surface area contributed by atoms with Crippen LogP contribution in [0.5, 0.6) is 5.75 Å². The maximum atomic E-state index is 5.68. The van der Waals surface area contributed by atoms with Crippen LogP contribution < -0.4 is 15.4 Å². The number of nitrogens with one attached hydrogen (secondary N) is 2. The van der Waals surface area contributed by atoms with E-state index in [9.17, 15) is 0 Å². The average molecular weight is 403 g/mol. The summed E-state index contributed by atoms with van der Waals surface area (Å²) in [6, 6.07) is 6.40. The number of guanidine groups is 1. The summed E-state index contributed by atoms with van der Waals surface area (Å²) in [5, 5.41) is 7.02. The molecule has 2 aliphatic heterocycles. The largest absolute Gasteiger partial charge is 0.496 e. The number of aliphatic imine (C=N–C) groups is 1. The molecule has 0 bridgehead atoms. The number of methoxy groups -OCH3 is 1. The number of hydrogen-bond acceptors (Lipinski definition) is 4. The van der Waals surface area contributed by atoms with Crippen molar-refractivity contribution in [3.63, 3.8) is 0 Å². The molecule has 1 aromatic carbocycles. The molecule has 0 aromatic heterocycles. The van der Waals surface area contributed by atoms with Gasteiger partial charge in [0.25, 0.3) is 0 Å². The zero-order valence-electron chi connectivity index (χ0n) is 18.6. The lowest BCUT2D eigenvalue weighted by Crippen LogP contribution is -2.54. The van der Waals surface area contributed by atoms with Gasteiger partial charge in [-0.05, 0) is 65.6 Å². The molecule has 2 saturated heterocycles. The monoisotopic (exact) mass is 402 g/mol.